The lowest BCUT2D eigenvalue weighted by Crippen LogP contribution is -2.44. The zero-order chi connectivity index (χ0) is 25.1. The smallest absolute Gasteiger partial charge is 0.319 e. The van der Waals surface area contributed by atoms with Gasteiger partial charge in [-0.15, -0.1) is 0 Å². The van der Waals surface area contributed by atoms with Crippen LogP contribution in [0.3, 0.4) is 0 Å². The van der Waals surface area contributed by atoms with E-state index in [0.717, 1.165) is 31.5 Å². The topological polar surface area (TPSA) is 88.7 Å². The van der Waals surface area contributed by atoms with E-state index in [-0.39, 0.29) is 24.1 Å². The van der Waals surface area contributed by atoms with Crippen molar-refractivity contribution in [2.75, 3.05) is 51.9 Å². The van der Waals surface area contributed by atoms with Crippen LogP contribution in [0.1, 0.15) is 46.1 Å². The highest BCUT2D eigenvalue weighted by molar-refractivity contribution is 5.93. The molecule has 1 aromatic carbocycles. The molecular formula is C25H46N6O2. The molecule has 0 heterocycles. The Morgan fingerprint density at radius 1 is 0.788 bits per heavy atom. The van der Waals surface area contributed by atoms with Crippen LogP contribution >= 0.6 is 0 Å². The minimum absolute atomic E-state index is 0.0574. The van der Waals surface area contributed by atoms with Crippen molar-refractivity contribution in [1.29, 1.82) is 0 Å². The average Bonchev–Trinajstić information content (AvgIpc) is 2.61. The van der Waals surface area contributed by atoms with Gasteiger partial charge in [0, 0.05) is 36.5 Å². The van der Waals surface area contributed by atoms with Gasteiger partial charge in [-0.25, -0.2) is 9.59 Å². The Morgan fingerprint density at radius 2 is 1.24 bits per heavy atom. The lowest BCUT2D eigenvalue weighted by atomic mass is 10.0. The fourth-order valence-electron chi connectivity index (χ4n) is 3.91. The molecule has 4 N–H and O–H groups in total. The largest absolute Gasteiger partial charge is 0.334 e. The summed E-state index contributed by atoms with van der Waals surface area (Å²) in [7, 11) is 8.00. The van der Waals surface area contributed by atoms with Gasteiger partial charge in [0.1, 0.15) is 0 Å². The molecule has 0 fully saturated rings. The lowest BCUT2D eigenvalue weighted by Gasteiger charge is -2.25. The van der Waals surface area contributed by atoms with Gasteiger partial charge in [-0.05, 0) is 77.5 Å². The Balaban J connectivity index is 2.80. The van der Waals surface area contributed by atoms with Gasteiger partial charge in [0.15, 0.2) is 0 Å². The highest BCUT2D eigenvalue weighted by atomic mass is 16.2. The number of amides is 4. The standard InChI is InChI=1S/C25H46N6O2/c1-17(2)12-21(15-30(6)7)27-24(32)26-20-11-10-19(5)23(14-20)29-25(33)28-22(13-18(3)4)16-31(8)9/h10-11,14,17-18,21-22H,12-13,15-16H2,1-9H3,(H2,26,27,32)(H2,28,29,33). The van der Waals surface area contributed by atoms with Crippen LogP contribution in [0, 0.1) is 18.8 Å². The molecule has 8 nitrogen and oxygen atoms in total. The summed E-state index contributed by atoms with van der Waals surface area (Å²) in [5.41, 5.74) is 2.23. The van der Waals surface area contributed by atoms with Crippen molar-refractivity contribution in [3.05, 3.63) is 23.8 Å². The number of aryl methyl sites for hydroxylation is 1. The Labute approximate surface area is 200 Å². The summed E-state index contributed by atoms with van der Waals surface area (Å²) in [6, 6.07) is 5.16. The van der Waals surface area contributed by atoms with Crippen LogP contribution in [0.25, 0.3) is 0 Å². The third kappa shape index (κ3) is 12.5. The minimum Gasteiger partial charge on any atom is -0.334 e. The van der Waals surface area contributed by atoms with E-state index >= 15 is 0 Å². The summed E-state index contributed by atoms with van der Waals surface area (Å²) in [5.74, 6) is 0.964. The van der Waals surface area contributed by atoms with Gasteiger partial charge in [0.25, 0.3) is 0 Å². The average molecular weight is 463 g/mol. The molecule has 0 radical (unpaired) electrons. The third-order valence-electron chi connectivity index (χ3n) is 5.10. The number of nitrogens with one attached hydrogen (secondary N) is 4. The molecule has 0 spiro atoms. The Morgan fingerprint density at radius 3 is 1.67 bits per heavy atom. The van der Waals surface area contributed by atoms with E-state index in [1.165, 1.54) is 0 Å². The molecule has 0 aliphatic heterocycles. The van der Waals surface area contributed by atoms with Gasteiger partial charge in [0.05, 0.1) is 0 Å². The number of benzene rings is 1. The van der Waals surface area contributed by atoms with E-state index < -0.39 is 0 Å². The molecule has 0 aliphatic rings. The Kier molecular flexibility index (Phi) is 12.2. The molecule has 33 heavy (non-hydrogen) atoms. The van der Waals surface area contributed by atoms with E-state index in [1.807, 2.05) is 47.2 Å². The van der Waals surface area contributed by atoms with Gasteiger partial charge in [-0.1, -0.05) is 33.8 Å². The van der Waals surface area contributed by atoms with Crippen molar-refractivity contribution in [3.8, 4) is 0 Å². The minimum atomic E-state index is -0.246. The first kappa shape index (κ1) is 28.7. The van der Waals surface area contributed by atoms with Crippen LogP contribution in [-0.2, 0) is 0 Å². The molecule has 1 rings (SSSR count). The molecule has 188 valence electrons. The lowest BCUT2D eigenvalue weighted by molar-refractivity contribution is 0.239. The monoisotopic (exact) mass is 462 g/mol. The Bertz CT molecular complexity index is 728. The zero-order valence-electron chi connectivity index (χ0n) is 22.1. The third-order valence-corrected chi connectivity index (χ3v) is 5.10. The maximum Gasteiger partial charge on any atom is 0.319 e. The number of urea groups is 2. The highest BCUT2D eigenvalue weighted by Gasteiger charge is 2.17. The van der Waals surface area contributed by atoms with E-state index in [4.69, 9.17) is 0 Å². The molecule has 8 heteroatoms. The second-order valence-corrected chi connectivity index (χ2v) is 10.4. The summed E-state index contributed by atoms with van der Waals surface area (Å²) in [5, 5.41) is 12.0. The molecule has 4 amide bonds. The summed E-state index contributed by atoms with van der Waals surface area (Å²) in [6.07, 6.45) is 1.80. The number of rotatable bonds is 12. The first-order valence-electron chi connectivity index (χ1n) is 11.9. The predicted octanol–water partition coefficient (Wildman–Crippen LogP) is 4.19. The molecular weight excluding hydrogens is 416 g/mol. The van der Waals surface area contributed by atoms with Gasteiger partial charge in [-0.2, -0.15) is 0 Å². The van der Waals surface area contributed by atoms with Crippen LogP contribution < -0.4 is 21.3 Å². The van der Waals surface area contributed by atoms with Crippen LogP contribution in [0.4, 0.5) is 21.0 Å². The number of likely N-dealkylation sites (N-methyl/N-ethyl adjacent to an activating group) is 2. The summed E-state index contributed by atoms with van der Waals surface area (Å²) in [4.78, 5) is 29.4. The van der Waals surface area contributed by atoms with Crippen LogP contribution in [0.15, 0.2) is 18.2 Å². The van der Waals surface area contributed by atoms with Crippen LogP contribution in [0.5, 0.6) is 0 Å². The number of nitrogens with zero attached hydrogens (tertiary/aromatic N) is 2. The molecule has 2 unspecified atom stereocenters. The molecule has 2 atom stereocenters. The van der Waals surface area contributed by atoms with Gasteiger partial charge >= 0.3 is 12.1 Å². The van der Waals surface area contributed by atoms with Crippen molar-refractivity contribution in [3.63, 3.8) is 0 Å². The first-order chi connectivity index (χ1) is 15.3. The zero-order valence-corrected chi connectivity index (χ0v) is 22.1. The molecule has 0 saturated heterocycles. The van der Waals surface area contributed by atoms with Crippen molar-refractivity contribution in [2.45, 2.75) is 59.5 Å². The maximum absolute atomic E-state index is 12.7. The molecule has 0 aromatic heterocycles. The predicted molar refractivity (Wildman–Crippen MR) is 139 cm³/mol. The second kappa shape index (κ2) is 14.1. The molecule has 1 aromatic rings. The van der Waals surface area contributed by atoms with Crippen LogP contribution in [-0.4, -0.2) is 75.2 Å². The number of anilines is 2. The van der Waals surface area contributed by atoms with E-state index in [0.29, 0.717) is 23.2 Å². The number of carbonyl (C=O) groups is 2. The fraction of sp³-hybridized carbons (Fsp3) is 0.680. The summed E-state index contributed by atoms with van der Waals surface area (Å²) < 4.78 is 0. The molecule has 0 saturated carbocycles. The normalized spacial score (nSPS) is 13.4. The van der Waals surface area contributed by atoms with Gasteiger partial charge in [0.2, 0.25) is 0 Å². The van der Waals surface area contributed by atoms with E-state index in [9.17, 15) is 9.59 Å². The number of carbonyl (C=O) groups excluding carboxylic acids is 2. The molecule has 0 aliphatic carbocycles. The van der Waals surface area contributed by atoms with E-state index in [2.05, 4.69) is 58.8 Å². The summed E-state index contributed by atoms with van der Waals surface area (Å²) >= 11 is 0. The van der Waals surface area contributed by atoms with Crippen molar-refractivity contribution in [1.82, 2.24) is 20.4 Å². The van der Waals surface area contributed by atoms with Crippen molar-refractivity contribution >= 4 is 23.4 Å². The Hall–Kier alpha value is -2.32. The van der Waals surface area contributed by atoms with Crippen LogP contribution in [0.2, 0.25) is 0 Å². The van der Waals surface area contributed by atoms with E-state index in [1.54, 1.807) is 6.07 Å². The SMILES string of the molecule is Cc1ccc(NC(=O)NC(CC(C)C)CN(C)C)cc1NC(=O)NC(CC(C)C)CN(C)C. The highest BCUT2D eigenvalue weighted by Crippen LogP contribution is 2.20. The fourth-order valence-corrected chi connectivity index (χ4v) is 3.91. The first-order valence-corrected chi connectivity index (χ1v) is 11.9. The van der Waals surface area contributed by atoms with Crippen molar-refractivity contribution < 1.29 is 9.59 Å². The number of hydrogen-bond donors (Lipinski definition) is 4. The van der Waals surface area contributed by atoms with Gasteiger partial charge < -0.3 is 31.1 Å². The number of hydrogen-bond acceptors (Lipinski definition) is 4. The van der Waals surface area contributed by atoms with Gasteiger partial charge in [-0.3, -0.25) is 0 Å². The maximum atomic E-state index is 12.7. The molecule has 0 bridgehead atoms. The quantitative estimate of drug-likeness (QED) is 0.375. The summed E-state index contributed by atoms with van der Waals surface area (Å²) in [6.45, 7) is 12.1. The second-order valence-electron chi connectivity index (χ2n) is 10.4. The van der Waals surface area contributed by atoms with Crippen molar-refractivity contribution in [2.24, 2.45) is 11.8 Å².